The molecule has 0 aliphatic rings. The molecule has 25 heavy (non-hydrogen) atoms. The van der Waals surface area contributed by atoms with Crippen LogP contribution >= 0.6 is 0 Å². The Morgan fingerprint density at radius 2 is 1.40 bits per heavy atom. The highest BCUT2D eigenvalue weighted by molar-refractivity contribution is 5.39. The summed E-state index contributed by atoms with van der Waals surface area (Å²) in [7, 11) is 0. The van der Waals surface area contributed by atoms with Gasteiger partial charge in [0, 0.05) is 0 Å². The van der Waals surface area contributed by atoms with E-state index in [1.54, 1.807) is 16.7 Å². The van der Waals surface area contributed by atoms with Crippen molar-refractivity contribution < 1.29 is 0 Å². The van der Waals surface area contributed by atoms with E-state index in [4.69, 9.17) is 0 Å². The average Bonchev–Trinajstić information content (AvgIpc) is 2.59. The molecule has 0 saturated heterocycles. The van der Waals surface area contributed by atoms with Crippen LogP contribution in [-0.2, 0) is 11.8 Å². The molecule has 0 amide bonds. The van der Waals surface area contributed by atoms with Gasteiger partial charge in [0.25, 0.3) is 0 Å². The van der Waals surface area contributed by atoms with Crippen LogP contribution in [0.15, 0.2) is 42.5 Å². The Balaban J connectivity index is 2.02. The molecule has 0 bridgehead atoms. The fourth-order valence-electron chi connectivity index (χ4n) is 3.84. The van der Waals surface area contributed by atoms with Gasteiger partial charge in [-0.3, -0.25) is 0 Å². The molecule has 2 rings (SSSR count). The second-order valence-electron chi connectivity index (χ2n) is 8.60. The maximum absolute atomic E-state index is 3.13. The quantitative estimate of drug-likeness (QED) is 0.440. The van der Waals surface area contributed by atoms with Crippen molar-refractivity contribution in [2.24, 2.45) is 0 Å². The van der Waals surface area contributed by atoms with E-state index >= 15 is 0 Å². The lowest BCUT2D eigenvalue weighted by Crippen LogP contribution is -2.17. The average molecular weight is 336 g/mol. The van der Waals surface area contributed by atoms with Gasteiger partial charge in [0.15, 0.2) is 0 Å². The van der Waals surface area contributed by atoms with E-state index in [1.807, 2.05) is 12.1 Å². The van der Waals surface area contributed by atoms with Gasteiger partial charge < -0.3 is 0 Å². The number of hydrogen-bond donors (Lipinski definition) is 0. The van der Waals surface area contributed by atoms with Crippen molar-refractivity contribution >= 4 is 0 Å². The standard InChI is InChI=1S/C25H35/c1-19(2)22-16-12-17-23(20(3)4)24(22)15-10-11-18-25(5,6)21-13-8-7-9-14-21/h8-9,12-14,16-17,19-20H,10-11,15,18H2,1-6H3. The van der Waals surface area contributed by atoms with E-state index in [-0.39, 0.29) is 5.41 Å². The Morgan fingerprint density at radius 1 is 0.840 bits per heavy atom. The SMILES string of the molecule is CC(C)c1cccc(C(C)C)c1CCCCC(C)(C)c1cc[c]cc1. The monoisotopic (exact) mass is 335 g/mol. The summed E-state index contributed by atoms with van der Waals surface area (Å²) in [5.74, 6) is 1.21. The molecule has 0 aromatic heterocycles. The van der Waals surface area contributed by atoms with Gasteiger partial charge in [0.1, 0.15) is 0 Å². The molecule has 0 heterocycles. The van der Waals surface area contributed by atoms with Gasteiger partial charge in [-0.2, -0.15) is 0 Å². The molecule has 0 atom stereocenters. The van der Waals surface area contributed by atoms with E-state index in [2.05, 4.69) is 77.9 Å². The van der Waals surface area contributed by atoms with E-state index in [0.29, 0.717) is 11.8 Å². The topological polar surface area (TPSA) is 0 Å². The number of unbranched alkanes of at least 4 members (excludes halogenated alkanes) is 1. The highest BCUT2D eigenvalue weighted by atomic mass is 14.2. The fraction of sp³-hybridized carbons (Fsp3) is 0.520. The van der Waals surface area contributed by atoms with Crippen LogP contribution in [0.5, 0.6) is 0 Å². The highest BCUT2D eigenvalue weighted by Gasteiger charge is 2.20. The smallest absolute Gasteiger partial charge is 0.0104 e. The molecular formula is C25H35. The molecule has 0 saturated carbocycles. The summed E-state index contributed by atoms with van der Waals surface area (Å²) in [6.07, 6.45) is 4.99. The molecule has 0 N–H and O–H groups in total. The predicted octanol–water partition coefficient (Wildman–Crippen LogP) is 7.42. The minimum Gasteiger partial charge on any atom is -0.0617 e. The number of rotatable bonds is 8. The number of hydrogen-bond acceptors (Lipinski definition) is 0. The summed E-state index contributed by atoms with van der Waals surface area (Å²) < 4.78 is 0. The first-order valence-electron chi connectivity index (χ1n) is 9.91. The third kappa shape index (κ3) is 5.21. The summed E-state index contributed by atoms with van der Waals surface area (Å²) in [5, 5.41) is 0. The van der Waals surface area contributed by atoms with Crippen molar-refractivity contribution in [2.75, 3.05) is 0 Å². The van der Waals surface area contributed by atoms with Crippen LogP contribution in [0.25, 0.3) is 0 Å². The van der Waals surface area contributed by atoms with Gasteiger partial charge in [-0.25, -0.2) is 0 Å². The Labute approximate surface area is 155 Å². The summed E-state index contributed by atoms with van der Waals surface area (Å²) in [6.45, 7) is 14.0. The normalized spacial score (nSPS) is 12.2. The van der Waals surface area contributed by atoms with Gasteiger partial charge in [-0.1, -0.05) is 90.4 Å². The zero-order valence-corrected chi connectivity index (χ0v) is 17.0. The van der Waals surface area contributed by atoms with Crippen molar-refractivity contribution in [3.05, 3.63) is 70.8 Å². The van der Waals surface area contributed by atoms with Gasteiger partial charge in [0.05, 0.1) is 0 Å². The third-order valence-electron chi connectivity index (χ3n) is 5.47. The molecule has 0 fully saturated rings. The molecule has 0 spiro atoms. The zero-order valence-electron chi connectivity index (χ0n) is 17.0. The molecule has 0 aliphatic carbocycles. The number of benzene rings is 2. The second kappa shape index (κ2) is 8.70. The van der Waals surface area contributed by atoms with Crippen LogP contribution < -0.4 is 0 Å². The minimum atomic E-state index is 0.244. The molecule has 0 heteroatoms. The molecule has 2 aromatic carbocycles. The van der Waals surface area contributed by atoms with E-state index in [1.165, 1.54) is 31.2 Å². The predicted molar refractivity (Wildman–Crippen MR) is 110 cm³/mol. The van der Waals surface area contributed by atoms with Gasteiger partial charge in [-0.05, 0) is 64.8 Å². The summed E-state index contributed by atoms with van der Waals surface area (Å²) in [6, 6.07) is 18.5. The van der Waals surface area contributed by atoms with E-state index < -0.39 is 0 Å². The molecule has 135 valence electrons. The van der Waals surface area contributed by atoms with Crippen molar-refractivity contribution in [3.63, 3.8) is 0 Å². The van der Waals surface area contributed by atoms with E-state index in [9.17, 15) is 0 Å². The Kier molecular flexibility index (Phi) is 6.87. The molecule has 0 unspecified atom stereocenters. The Bertz CT molecular complexity index is 621. The Hall–Kier alpha value is -1.56. The maximum atomic E-state index is 3.13. The first kappa shape index (κ1) is 19.8. The zero-order chi connectivity index (χ0) is 18.4. The summed E-state index contributed by atoms with van der Waals surface area (Å²) in [4.78, 5) is 0. The third-order valence-corrected chi connectivity index (χ3v) is 5.47. The van der Waals surface area contributed by atoms with Crippen LogP contribution in [0.2, 0.25) is 0 Å². The molecule has 1 radical (unpaired) electrons. The molecule has 0 nitrogen and oxygen atoms in total. The lowest BCUT2D eigenvalue weighted by Gasteiger charge is -2.25. The van der Waals surface area contributed by atoms with Gasteiger partial charge in [0.2, 0.25) is 0 Å². The molecule has 2 aromatic rings. The second-order valence-corrected chi connectivity index (χ2v) is 8.60. The van der Waals surface area contributed by atoms with Crippen molar-refractivity contribution in [1.82, 2.24) is 0 Å². The van der Waals surface area contributed by atoms with Gasteiger partial charge >= 0.3 is 0 Å². The van der Waals surface area contributed by atoms with Gasteiger partial charge in [-0.15, -0.1) is 0 Å². The summed E-state index contributed by atoms with van der Waals surface area (Å²) in [5.41, 5.74) is 6.37. The van der Waals surface area contributed by atoms with Crippen LogP contribution in [-0.4, -0.2) is 0 Å². The lowest BCUT2D eigenvalue weighted by atomic mass is 9.79. The first-order chi connectivity index (χ1) is 11.8. The minimum absolute atomic E-state index is 0.244. The largest absolute Gasteiger partial charge is 0.0617 e. The van der Waals surface area contributed by atoms with Crippen molar-refractivity contribution in [2.45, 2.75) is 84.5 Å². The maximum Gasteiger partial charge on any atom is -0.0104 e. The van der Waals surface area contributed by atoms with Crippen LogP contribution in [0.1, 0.15) is 94.9 Å². The highest BCUT2D eigenvalue weighted by Crippen LogP contribution is 2.31. The molecular weight excluding hydrogens is 300 g/mol. The summed E-state index contributed by atoms with van der Waals surface area (Å²) >= 11 is 0. The Morgan fingerprint density at radius 3 is 1.92 bits per heavy atom. The van der Waals surface area contributed by atoms with Crippen molar-refractivity contribution in [3.8, 4) is 0 Å². The van der Waals surface area contributed by atoms with Crippen molar-refractivity contribution in [1.29, 1.82) is 0 Å². The first-order valence-corrected chi connectivity index (χ1v) is 9.91. The van der Waals surface area contributed by atoms with Crippen LogP contribution in [0, 0.1) is 6.07 Å². The lowest BCUT2D eigenvalue weighted by molar-refractivity contribution is 0.451. The van der Waals surface area contributed by atoms with E-state index in [0.717, 1.165) is 0 Å². The molecule has 0 aliphatic heterocycles. The fourth-order valence-corrected chi connectivity index (χ4v) is 3.84. The van der Waals surface area contributed by atoms with Crippen LogP contribution in [0.3, 0.4) is 0 Å². The van der Waals surface area contributed by atoms with Crippen LogP contribution in [0.4, 0.5) is 0 Å².